The van der Waals surface area contributed by atoms with Crippen LogP contribution in [0, 0.1) is 6.92 Å². The van der Waals surface area contributed by atoms with Gasteiger partial charge in [0, 0.05) is 17.6 Å². The molecular weight excluding hydrogens is 460 g/mol. The van der Waals surface area contributed by atoms with Gasteiger partial charge in [-0.2, -0.15) is 4.31 Å². The molecule has 0 aliphatic heterocycles. The largest absolute Gasteiger partial charge is 0.495 e. The van der Waals surface area contributed by atoms with Crippen LogP contribution < -0.4 is 10.1 Å². The van der Waals surface area contributed by atoms with Crippen molar-refractivity contribution < 1.29 is 17.9 Å². The van der Waals surface area contributed by atoms with E-state index in [9.17, 15) is 13.2 Å². The number of amides is 1. The molecule has 6 nitrogen and oxygen atoms in total. The van der Waals surface area contributed by atoms with E-state index < -0.39 is 15.9 Å². The minimum Gasteiger partial charge on any atom is -0.495 e. The Hall–Kier alpha value is -3.68. The van der Waals surface area contributed by atoms with Crippen LogP contribution in [0.15, 0.2) is 95.9 Å². The van der Waals surface area contributed by atoms with Crippen LogP contribution in [0.1, 0.15) is 11.1 Å². The van der Waals surface area contributed by atoms with Crippen molar-refractivity contribution in [2.45, 2.75) is 18.2 Å². The first-order chi connectivity index (χ1) is 16.9. The molecule has 0 unspecified atom stereocenters. The number of aryl methyl sites for hydroxylation is 1. The number of rotatable bonds is 9. The highest BCUT2D eigenvalue weighted by Gasteiger charge is 2.29. The maximum atomic E-state index is 13.8. The number of methoxy groups -OCH3 is 1. The van der Waals surface area contributed by atoms with Gasteiger partial charge in [0.05, 0.1) is 13.7 Å². The lowest BCUT2D eigenvalue weighted by Crippen LogP contribution is -2.39. The predicted molar refractivity (Wildman–Crippen MR) is 139 cm³/mol. The minimum atomic E-state index is -4.02. The Morgan fingerprint density at radius 2 is 1.63 bits per heavy atom. The van der Waals surface area contributed by atoms with E-state index in [0.717, 1.165) is 21.9 Å². The van der Waals surface area contributed by atoms with Gasteiger partial charge >= 0.3 is 0 Å². The van der Waals surface area contributed by atoms with Crippen LogP contribution in [-0.2, 0) is 21.2 Å². The molecule has 7 heteroatoms. The summed E-state index contributed by atoms with van der Waals surface area (Å²) < 4.78 is 34.1. The summed E-state index contributed by atoms with van der Waals surface area (Å²) in [5.74, 6) is -0.167. The lowest BCUT2D eigenvalue weighted by atomic mass is 10.1. The van der Waals surface area contributed by atoms with Gasteiger partial charge in [-0.3, -0.25) is 4.79 Å². The lowest BCUT2D eigenvalue weighted by molar-refractivity contribution is -0.116. The molecule has 180 valence electrons. The number of hydrogen-bond acceptors (Lipinski definition) is 4. The molecule has 0 aromatic heterocycles. The molecule has 1 N–H and O–H groups in total. The molecule has 0 radical (unpaired) electrons. The van der Waals surface area contributed by atoms with Gasteiger partial charge in [-0.25, -0.2) is 8.42 Å². The molecule has 35 heavy (non-hydrogen) atoms. The van der Waals surface area contributed by atoms with Gasteiger partial charge in [-0.05, 0) is 48.1 Å². The molecule has 1 amide bonds. The smallest absolute Gasteiger partial charge is 0.247 e. The number of carbonyl (C=O) groups is 1. The molecule has 4 aromatic rings. The van der Waals surface area contributed by atoms with E-state index in [1.165, 1.54) is 11.4 Å². The van der Waals surface area contributed by atoms with Crippen LogP contribution in [-0.4, -0.2) is 38.8 Å². The highest BCUT2D eigenvalue weighted by atomic mass is 32.2. The van der Waals surface area contributed by atoms with Crippen LogP contribution >= 0.6 is 0 Å². The molecule has 0 saturated carbocycles. The first-order valence-corrected chi connectivity index (χ1v) is 12.8. The normalized spacial score (nSPS) is 11.5. The number of fused-ring (bicyclic) bond motifs is 1. The highest BCUT2D eigenvalue weighted by Crippen LogP contribution is 2.28. The van der Waals surface area contributed by atoms with Crippen molar-refractivity contribution in [2.75, 3.05) is 25.5 Å². The molecule has 0 saturated heterocycles. The maximum Gasteiger partial charge on any atom is 0.247 e. The number of nitrogens with one attached hydrogen (secondary N) is 1. The number of nitrogens with zero attached hydrogens (tertiary/aromatic N) is 1. The number of benzene rings is 4. The Bertz CT molecular complexity index is 1430. The van der Waals surface area contributed by atoms with Gasteiger partial charge in [0.25, 0.3) is 0 Å². The van der Waals surface area contributed by atoms with Gasteiger partial charge in [0.15, 0.2) is 0 Å². The van der Waals surface area contributed by atoms with Crippen molar-refractivity contribution in [1.82, 2.24) is 4.31 Å². The Morgan fingerprint density at radius 1 is 0.914 bits per heavy atom. The minimum absolute atomic E-state index is 0.0472. The molecule has 0 heterocycles. The quantitative estimate of drug-likeness (QED) is 0.359. The standard InChI is InChI=1S/C28H28N2O4S/c1-21-15-16-26(34-2)27(19-21)35(32,33)30(18-17-22-9-4-3-5-10-22)20-28(31)29-25-14-8-12-23-11-6-7-13-24(23)25/h3-16,19H,17-18,20H2,1-2H3,(H,29,31). The van der Waals surface area contributed by atoms with Gasteiger partial charge in [-0.1, -0.05) is 72.8 Å². The third-order valence-electron chi connectivity index (χ3n) is 5.81. The van der Waals surface area contributed by atoms with E-state index >= 15 is 0 Å². The first-order valence-electron chi connectivity index (χ1n) is 11.3. The van der Waals surface area contributed by atoms with E-state index in [0.29, 0.717) is 12.1 Å². The van der Waals surface area contributed by atoms with Gasteiger partial charge in [-0.15, -0.1) is 0 Å². The topological polar surface area (TPSA) is 75.7 Å². The zero-order valence-electron chi connectivity index (χ0n) is 19.8. The second-order valence-corrected chi connectivity index (χ2v) is 10.2. The Kier molecular flexibility index (Phi) is 7.48. The lowest BCUT2D eigenvalue weighted by Gasteiger charge is -2.23. The highest BCUT2D eigenvalue weighted by molar-refractivity contribution is 7.89. The van der Waals surface area contributed by atoms with Crippen molar-refractivity contribution in [2.24, 2.45) is 0 Å². The summed E-state index contributed by atoms with van der Waals surface area (Å²) in [5, 5.41) is 4.78. The second-order valence-electron chi connectivity index (χ2n) is 8.30. The predicted octanol–water partition coefficient (Wildman–Crippen LogP) is 5.03. The summed E-state index contributed by atoms with van der Waals surface area (Å²) in [6, 6.07) is 28.0. The van der Waals surface area contributed by atoms with Crippen molar-refractivity contribution in [1.29, 1.82) is 0 Å². The molecule has 0 spiro atoms. The third kappa shape index (κ3) is 5.70. The Balaban J connectivity index is 1.63. The Labute approximate surface area is 206 Å². The number of ether oxygens (including phenoxy) is 1. The van der Waals surface area contributed by atoms with Crippen LogP contribution in [0.5, 0.6) is 5.75 Å². The summed E-state index contributed by atoms with van der Waals surface area (Å²) in [6.45, 7) is 1.64. The van der Waals surface area contributed by atoms with E-state index in [2.05, 4.69) is 5.32 Å². The maximum absolute atomic E-state index is 13.8. The number of carbonyl (C=O) groups excluding carboxylic acids is 1. The van der Waals surface area contributed by atoms with Gasteiger partial charge < -0.3 is 10.1 Å². The fourth-order valence-corrected chi connectivity index (χ4v) is 5.63. The average molecular weight is 489 g/mol. The zero-order valence-corrected chi connectivity index (χ0v) is 20.6. The molecular formula is C28H28N2O4S. The average Bonchev–Trinajstić information content (AvgIpc) is 2.87. The van der Waals surface area contributed by atoms with Crippen molar-refractivity contribution in [3.05, 3.63) is 102 Å². The molecule has 0 aliphatic carbocycles. The summed E-state index contributed by atoms with van der Waals surface area (Å²) in [5.41, 5.74) is 2.41. The molecule has 0 fully saturated rings. The monoisotopic (exact) mass is 488 g/mol. The molecule has 4 rings (SSSR count). The molecule has 0 aliphatic rings. The SMILES string of the molecule is COc1ccc(C)cc1S(=O)(=O)N(CCc1ccccc1)CC(=O)Nc1cccc2ccccc12. The van der Waals surface area contributed by atoms with Crippen LogP contribution in [0.4, 0.5) is 5.69 Å². The first kappa shape index (κ1) is 24.4. The van der Waals surface area contributed by atoms with Crippen LogP contribution in [0.2, 0.25) is 0 Å². The summed E-state index contributed by atoms with van der Waals surface area (Å²) in [6.07, 6.45) is 0.468. The van der Waals surface area contributed by atoms with Crippen LogP contribution in [0.3, 0.4) is 0 Å². The van der Waals surface area contributed by atoms with Crippen molar-refractivity contribution >= 4 is 32.4 Å². The molecule has 0 bridgehead atoms. The van der Waals surface area contributed by atoms with E-state index in [1.807, 2.05) is 79.7 Å². The third-order valence-corrected chi connectivity index (χ3v) is 7.68. The number of anilines is 1. The summed E-state index contributed by atoms with van der Waals surface area (Å²) in [7, 11) is -2.58. The number of hydrogen-bond donors (Lipinski definition) is 1. The van der Waals surface area contributed by atoms with Gasteiger partial charge in [0.2, 0.25) is 15.9 Å². The van der Waals surface area contributed by atoms with Crippen molar-refractivity contribution in [3.8, 4) is 5.75 Å². The molecule has 0 atom stereocenters. The number of sulfonamides is 1. The molecule has 4 aromatic carbocycles. The summed E-state index contributed by atoms with van der Waals surface area (Å²) in [4.78, 5) is 13.2. The van der Waals surface area contributed by atoms with Crippen molar-refractivity contribution in [3.63, 3.8) is 0 Å². The Morgan fingerprint density at radius 3 is 2.40 bits per heavy atom. The van der Waals surface area contributed by atoms with Crippen LogP contribution in [0.25, 0.3) is 10.8 Å². The van der Waals surface area contributed by atoms with E-state index in [4.69, 9.17) is 4.74 Å². The van der Waals surface area contributed by atoms with Gasteiger partial charge in [0.1, 0.15) is 10.6 Å². The fraction of sp³-hybridized carbons (Fsp3) is 0.179. The second kappa shape index (κ2) is 10.7. The fourth-order valence-electron chi connectivity index (χ4n) is 3.99. The summed E-state index contributed by atoms with van der Waals surface area (Å²) >= 11 is 0. The van der Waals surface area contributed by atoms with E-state index in [1.54, 1.807) is 18.2 Å². The van der Waals surface area contributed by atoms with E-state index in [-0.39, 0.29) is 23.7 Å². The zero-order chi connectivity index (χ0) is 24.8.